The molecule has 0 aliphatic carbocycles. The summed E-state index contributed by atoms with van der Waals surface area (Å²) < 4.78 is 0. The van der Waals surface area contributed by atoms with E-state index in [1.54, 1.807) is 6.92 Å². The highest BCUT2D eigenvalue weighted by atomic mass is 16.1. The first-order chi connectivity index (χ1) is 5.50. The molecular formula is C9H13NO2. The molecule has 3 heteroatoms. The van der Waals surface area contributed by atoms with Crippen LogP contribution in [0.4, 0.5) is 0 Å². The molecule has 0 spiro atoms. The molecule has 0 radical (unpaired) electrons. The largest absolute Gasteiger partial charge is 0.366 e. The lowest BCUT2D eigenvalue weighted by molar-refractivity contribution is -0.122. The van der Waals surface area contributed by atoms with Gasteiger partial charge in [0, 0.05) is 11.5 Å². The van der Waals surface area contributed by atoms with Gasteiger partial charge in [0.15, 0.2) is 0 Å². The van der Waals surface area contributed by atoms with E-state index in [0.717, 1.165) is 0 Å². The molecule has 1 amide bonds. The van der Waals surface area contributed by atoms with Gasteiger partial charge in [-0.25, -0.2) is 0 Å². The quantitative estimate of drug-likeness (QED) is 0.497. The van der Waals surface area contributed by atoms with Gasteiger partial charge in [-0.1, -0.05) is 25.7 Å². The van der Waals surface area contributed by atoms with Crippen molar-refractivity contribution in [1.29, 1.82) is 0 Å². The molecule has 0 saturated heterocycles. The lowest BCUT2D eigenvalue weighted by Gasteiger charge is -2.07. The van der Waals surface area contributed by atoms with Crippen molar-refractivity contribution in [3.05, 3.63) is 24.3 Å². The van der Waals surface area contributed by atoms with Crippen LogP contribution >= 0.6 is 0 Å². The molecule has 0 aromatic rings. The first-order valence-corrected chi connectivity index (χ1v) is 3.63. The van der Waals surface area contributed by atoms with Crippen LogP contribution in [0.25, 0.3) is 0 Å². The van der Waals surface area contributed by atoms with Crippen molar-refractivity contribution >= 4 is 11.7 Å². The molecule has 66 valence electrons. The van der Waals surface area contributed by atoms with Gasteiger partial charge >= 0.3 is 0 Å². The number of amides is 1. The maximum Gasteiger partial charge on any atom is 0.245 e. The fraction of sp³-hybridized carbons (Fsp3) is 0.333. The molecule has 0 fully saturated rings. The van der Waals surface area contributed by atoms with Crippen LogP contribution in [0.2, 0.25) is 0 Å². The zero-order valence-electron chi connectivity index (χ0n) is 7.33. The Kier molecular flexibility index (Phi) is 3.97. The molecule has 0 aliphatic rings. The van der Waals surface area contributed by atoms with E-state index in [1.165, 1.54) is 19.1 Å². The second kappa shape index (κ2) is 4.49. The molecule has 0 saturated carbocycles. The number of hydrogen-bond acceptors (Lipinski definition) is 2. The number of rotatable bonds is 4. The Morgan fingerprint density at radius 1 is 1.50 bits per heavy atom. The lowest BCUT2D eigenvalue weighted by Crippen LogP contribution is -2.22. The predicted octanol–water partition coefficient (Wildman–Crippen LogP) is 0.809. The molecule has 0 bridgehead atoms. The Hall–Kier alpha value is -1.38. The van der Waals surface area contributed by atoms with Crippen molar-refractivity contribution in [3.63, 3.8) is 0 Å². The van der Waals surface area contributed by atoms with Gasteiger partial charge in [-0.15, -0.1) is 0 Å². The van der Waals surface area contributed by atoms with Crippen LogP contribution in [-0.4, -0.2) is 11.7 Å². The molecule has 0 rings (SSSR count). The number of carbonyl (C=O) groups is 2. The third-order valence-electron chi connectivity index (χ3n) is 1.66. The minimum absolute atomic E-state index is 0.0816. The smallest absolute Gasteiger partial charge is 0.245 e. The fourth-order valence-electron chi connectivity index (χ4n) is 0.786. The molecule has 2 N–H and O–H groups in total. The number of primary amides is 1. The van der Waals surface area contributed by atoms with E-state index in [-0.39, 0.29) is 5.78 Å². The zero-order valence-corrected chi connectivity index (χ0v) is 7.33. The van der Waals surface area contributed by atoms with Crippen LogP contribution in [0.3, 0.4) is 0 Å². The highest BCUT2D eigenvalue weighted by Gasteiger charge is 2.16. The number of ketones is 1. The van der Waals surface area contributed by atoms with Crippen LogP contribution in [-0.2, 0) is 9.59 Å². The Labute approximate surface area is 71.9 Å². The van der Waals surface area contributed by atoms with Gasteiger partial charge in [0.1, 0.15) is 5.78 Å². The van der Waals surface area contributed by atoms with Crippen molar-refractivity contribution in [3.8, 4) is 0 Å². The molecule has 0 heterocycles. The molecular weight excluding hydrogens is 154 g/mol. The second-order valence-corrected chi connectivity index (χ2v) is 2.55. The first kappa shape index (κ1) is 10.6. The molecule has 0 aromatic carbocycles. The number of carbonyl (C=O) groups excluding carboxylic acids is 2. The van der Waals surface area contributed by atoms with Crippen LogP contribution in [0, 0.1) is 5.92 Å². The van der Waals surface area contributed by atoms with Crippen LogP contribution in [0.1, 0.15) is 13.8 Å². The highest BCUT2D eigenvalue weighted by Crippen LogP contribution is 2.10. The monoisotopic (exact) mass is 167 g/mol. The summed E-state index contributed by atoms with van der Waals surface area (Å²) in [6.45, 7) is 6.49. The maximum absolute atomic E-state index is 10.9. The van der Waals surface area contributed by atoms with Crippen molar-refractivity contribution in [2.24, 2.45) is 11.7 Å². The topological polar surface area (TPSA) is 60.2 Å². The minimum atomic E-state index is -0.572. The molecule has 0 aromatic heterocycles. The molecule has 3 nitrogen and oxygen atoms in total. The summed E-state index contributed by atoms with van der Waals surface area (Å²) in [6, 6.07) is 0. The van der Waals surface area contributed by atoms with Crippen molar-refractivity contribution in [2.75, 3.05) is 0 Å². The van der Waals surface area contributed by atoms with E-state index >= 15 is 0 Å². The Morgan fingerprint density at radius 2 is 2.00 bits per heavy atom. The van der Waals surface area contributed by atoms with Crippen molar-refractivity contribution < 1.29 is 9.59 Å². The third kappa shape index (κ3) is 2.70. The summed E-state index contributed by atoms with van der Waals surface area (Å²) >= 11 is 0. The van der Waals surface area contributed by atoms with Crippen molar-refractivity contribution in [2.45, 2.75) is 13.8 Å². The van der Waals surface area contributed by atoms with Gasteiger partial charge in [0.2, 0.25) is 5.91 Å². The third-order valence-corrected chi connectivity index (χ3v) is 1.66. The van der Waals surface area contributed by atoms with Gasteiger partial charge in [-0.2, -0.15) is 0 Å². The van der Waals surface area contributed by atoms with Crippen molar-refractivity contribution in [1.82, 2.24) is 0 Å². The number of allylic oxidation sites excluding steroid dienone is 2. The van der Waals surface area contributed by atoms with E-state index in [9.17, 15) is 9.59 Å². The first-order valence-electron chi connectivity index (χ1n) is 3.63. The fourth-order valence-corrected chi connectivity index (χ4v) is 0.786. The number of Topliss-reactive ketones (excluding diaryl/α,β-unsaturated/α-hetero) is 1. The van der Waals surface area contributed by atoms with E-state index in [1.807, 2.05) is 0 Å². The minimum Gasteiger partial charge on any atom is -0.366 e. The summed E-state index contributed by atoms with van der Waals surface area (Å²) in [5, 5.41) is 0. The van der Waals surface area contributed by atoms with Gasteiger partial charge in [0.25, 0.3) is 0 Å². The Bertz CT molecular complexity index is 241. The Morgan fingerprint density at radius 3 is 2.25 bits per heavy atom. The predicted molar refractivity (Wildman–Crippen MR) is 47.3 cm³/mol. The lowest BCUT2D eigenvalue weighted by atomic mass is 9.96. The zero-order chi connectivity index (χ0) is 9.72. The molecule has 1 unspecified atom stereocenters. The average molecular weight is 167 g/mol. The van der Waals surface area contributed by atoms with E-state index in [4.69, 9.17) is 5.73 Å². The molecule has 12 heavy (non-hydrogen) atoms. The van der Waals surface area contributed by atoms with Crippen LogP contribution in [0.5, 0.6) is 0 Å². The van der Waals surface area contributed by atoms with E-state index in [2.05, 4.69) is 6.58 Å². The van der Waals surface area contributed by atoms with Gasteiger partial charge in [0.05, 0.1) is 0 Å². The standard InChI is InChI=1S/C9H13NO2/c1-4-5-8(9(10)12)6(2)7(3)11/h4-6H,1H2,2-3H3,(H2,10,12)/b8-5+. The van der Waals surface area contributed by atoms with Gasteiger partial charge in [-0.3, -0.25) is 9.59 Å². The van der Waals surface area contributed by atoms with Gasteiger partial charge < -0.3 is 5.73 Å². The highest BCUT2D eigenvalue weighted by molar-refractivity contribution is 5.99. The SMILES string of the molecule is C=C/C=C(/C(N)=O)C(C)C(C)=O. The Balaban J connectivity index is 4.75. The molecule has 1 atom stereocenters. The summed E-state index contributed by atoms with van der Waals surface area (Å²) in [5.41, 5.74) is 5.36. The second-order valence-electron chi connectivity index (χ2n) is 2.55. The number of nitrogens with two attached hydrogens (primary N) is 1. The molecule has 0 aliphatic heterocycles. The summed E-state index contributed by atoms with van der Waals surface area (Å²) in [7, 11) is 0. The summed E-state index contributed by atoms with van der Waals surface area (Å²) in [4.78, 5) is 21.7. The van der Waals surface area contributed by atoms with E-state index in [0.29, 0.717) is 5.57 Å². The normalized spacial score (nSPS) is 13.7. The summed E-state index contributed by atoms with van der Waals surface area (Å²) in [5.74, 6) is -1.10. The van der Waals surface area contributed by atoms with Gasteiger partial charge in [-0.05, 0) is 6.92 Å². The number of hydrogen-bond donors (Lipinski definition) is 1. The average Bonchev–Trinajstić information content (AvgIpc) is 1.98. The van der Waals surface area contributed by atoms with Crippen LogP contribution < -0.4 is 5.73 Å². The maximum atomic E-state index is 10.9. The summed E-state index contributed by atoms with van der Waals surface area (Å²) in [6.07, 6.45) is 2.91. The van der Waals surface area contributed by atoms with E-state index < -0.39 is 11.8 Å². The van der Waals surface area contributed by atoms with Crippen LogP contribution in [0.15, 0.2) is 24.3 Å².